The summed E-state index contributed by atoms with van der Waals surface area (Å²) in [5.74, 6) is 0.913. The summed E-state index contributed by atoms with van der Waals surface area (Å²) in [5, 5.41) is 3.27. The molecule has 1 heterocycles. The molecule has 1 atom stereocenters. The number of hydrogen-bond acceptors (Lipinski definition) is 3. The number of unbranched alkanes of at least 4 members (excludes halogenated alkanes) is 3. The number of hydrogen-bond donors (Lipinski definition) is 1. The Bertz CT molecular complexity index is 248. The van der Waals surface area contributed by atoms with E-state index in [1.807, 2.05) is 13.1 Å². The summed E-state index contributed by atoms with van der Waals surface area (Å²) in [6, 6.07) is 2.16. The highest BCUT2D eigenvalue weighted by Crippen LogP contribution is 2.15. The highest BCUT2D eigenvalue weighted by molar-refractivity contribution is 4.95. The minimum absolute atomic E-state index is 0.308. The molecule has 0 radical (unpaired) electrons. The summed E-state index contributed by atoms with van der Waals surface area (Å²) in [4.78, 5) is 8.55. The van der Waals surface area contributed by atoms with Gasteiger partial charge in [-0.3, -0.25) is 0 Å². The van der Waals surface area contributed by atoms with Gasteiger partial charge in [0.05, 0.1) is 6.04 Å². The zero-order chi connectivity index (χ0) is 10.9. The normalized spacial score (nSPS) is 12.7. The average molecular weight is 207 g/mol. The van der Waals surface area contributed by atoms with Gasteiger partial charge in [-0.05, 0) is 19.5 Å². The standard InChI is InChI=1S/C12H21N3/c1-3-4-5-6-8-11(13-2)12-14-9-7-10-15-12/h7,9-11,13H,3-6,8H2,1-2H3. The van der Waals surface area contributed by atoms with Crippen LogP contribution in [-0.2, 0) is 0 Å². The van der Waals surface area contributed by atoms with Gasteiger partial charge in [0.1, 0.15) is 5.82 Å². The summed E-state index contributed by atoms with van der Waals surface area (Å²) in [5.41, 5.74) is 0. The van der Waals surface area contributed by atoms with Crippen molar-refractivity contribution in [2.45, 2.75) is 45.1 Å². The van der Waals surface area contributed by atoms with Crippen molar-refractivity contribution in [1.29, 1.82) is 0 Å². The smallest absolute Gasteiger partial charge is 0.145 e. The Morgan fingerprint density at radius 2 is 1.93 bits per heavy atom. The van der Waals surface area contributed by atoms with Crippen LogP contribution in [0.15, 0.2) is 18.5 Å². The van der Waals surface area contributed by atoms with Crippen molar-refractivity contribution in [3.63, 3.8) is 0 Å². The second-order valence-corrected chi connectivity index (χ2v) is 3.80. The minimum Gasteiger partial charge on any atom is -0.310 e. The molecule has 0 saturated carbocycles. The Balaban J connectivity index is 2.36. The van der Waals surface area contributed by atoms with E-state index in [9.17, 15) is 0 Å². The molecule has 0 fully saturated rings. The van der Waals surface area contributed by atoms with E-state index in [1.54, 1.807) is 12.4 Å². The summed E-state index contributed by atoms with van der Waals surface area (Å²) >= 11 is 0. The van der Waals surface area contributed by atoms with E-state index in [0.717, 1.165) is 12.2 Å². The quantitative estimate of drug-likeness (QED) is 0.699. The van der Waals surface area contributed by atoms with Gasteiger partial charge in [-0.2, -0.15) is 0 Å². The van der Waals surface area contributed by atoms with Gasteiger partial charge < -0.3 is 5.32 Å². The molecule has 0 aliphatic rings. The lowest BCUT2D eigenvalue weighted by Gasteiger charge is -2.13. The molecule has 1 aromatic rings. The third-order valence-corrected chi connectivity index (χ3v) is 2.59. The summed E-state index contributed by atoms with van der Waals surface area (Å²) in [6.45, 7) is 2.23. The molecule has 0 saturated heterocycles. The van der Waals surface area contributed by atoms with Crippen molar-refractivity contribution in [2.24, 2.45) is 0 Å². The molecule has 0 bridgehead atoms. The van der Waals surface area contributed by atoms with E-state index in [4.69, 9.17) is 0 Å². The Morgan fingerprint density at radius 3 is 2.53 bits per heavy atom. The second-order valence-electron chi connectivity index (χ2n) is 3.80. The van der Waals surface area contributed by atoms with Gasteiger partial charge in [0, 0.05) is 12.4 Å². The number of aromatic nitrogens is 2. The third kappa shape index (κ3) is 4.38. The van der Waals surface area contributed by atoms with Gasteiger partial charge in [-0.25, -0.2) is 9.97 Å². The van der Waals surface area contributed by atoms with E-state index < -0.39 is 0 Å². The summed E-state index contributed by atoms with van der Waals surface area (Å²) in [7, 11) is 1.97. The molecule has 0 aromatic carbocycles. The number of nitrogens with zero attached hydrogens (tertiary/aromatic N) is 2. The largest absolute Gasteiger partial charge is 0.310 e. The third-order valence-electron chi connectivity index (χ3n) is 2.59. The molecule has 0 amide bonds. The van der Waals surface area contributed by atoms with Gasteiger partial charge in [-0.1, -0.05) is 32.6 Å². The lowest BCUT2D eigenvalue weighted by Crippen LogP contribution is -2.18. The van der Waals surface area contributed by atoms with Crippen LogP contribution >= 0.6 is 0 Å². The van der Waals surface area contributed by atoms with E-state index in [1.165, 1.54) is 25.7 Å². The van der Waals surface area contributed by atoms with Gasteiger partial charge in [0.25, 0.3) is 0 Å². The van der Waals surface area contributed by atoms with Crippen LogP contribution in [-0.4, -0.2) is 17.0 Å². The van der Waals surface area contributed by atoms with E-state index >= 15 is 0 Å². The van der Waals surface area contributed by atoms with E-state index in [-0.39, 0.29) is 0 Å². The fraction of sp³-hybridized carbons (Fsp3) is 0.667. The molecule has 84 valence electrons. The van der Waals surface area contributed by atoms with Gasteiger partial charge in [0.2, 0.25) is 0 Å². The van der Waals surface area contributed by atoms with Gasteiger partial charge in [0.15, 0.2) is 0 Å². The van der Waals surface area contributed by atoms with Crippen LogP contribution in [0, 0.1) is 0 Å². The van der Waals surface area contributed by atoms with Crippen molar-refractivity contribution in [2.75, 3.05) is 7.05 Å². The Morgan fingerprint density at radius 1 is 1.20 bits per heavy atom. The lowest BCUT2D eigenvalue weighted by molar-refractivity contribution is 0.484. The van der Waals surface area contributed by atoms with Crippen LogP contribution in [0.2, 0.25) is 0 Å². The van der Waals surface area contributed by atoms with E-state index in [2.05, 4.69) is 22.2 Å². The van der Waals surface area contributed by atoms with Crippen molar-refractivity contribution in [3.8, 4) is 0 Å². The first-order valence-electron chi connectivity index (χ1n) is 5.82. The average Bonchev–Trinajstić information content (AvgIpc) is 2.30. The Labute approximate surface area is 92.3 Å². The van der Waals surface area contributed by atoms with Crippen molar-refractivity contribution in [3.05, 3.63) is 24.3 Å². The Kier molecular flexibility index (Phi) is 5.93. The van der Waals surface area contributed by atoms with Crippen LogP contribution in [0.1, 0.15) is 50.9 Å². The zero-order valence-corrected chi connectivity index (χ0v) is 9.74. The fourth-order valence-corrected chi connectivity index (χ4v) is 1.67. The zero-order valence-electron chi connectivity index (χ0n) is 9.74. The molecule has 15 heavy (non-hydrogen) atoms. The van der Waals surface area contributed by atoms with Gasteiger partial charge in [-0.15, -0.1) is 0 Å². The molecule has 3 heteroatoms. The predicted octanol–water partition coefficient (Wildman–Crippen LogP) is 2.71. The molecular weight excluding hydrogens is 186 g/mol. The molecular formula is C12H21N3. The van der Waals surface area contributed by atoms with Crippen LogP contribution in [0.25, 0.3) is 0 Å². The first-order chi connectivity index (χ1) is 7.38. The fourth-order valence-electron chi connectivity index (χ4n) is 1.67. The van der Waals surface area contributed by atoms with Crippen LogP contribution in [0.4, 0.5) is 0 Å². The van der Waals surface area contributed by atoms with Crippen molar-refractivity contribution in [1.82, 2.24) is 15.3 Å². The molecule has 1 rings (SSSR count). The second kappa shape index (κ2) is 7.35. The van der Waals surface area contributed by atoms with Crippen molar-refractivity contribution < 1.29 is 0 Å². The maximum atomic E-state index is 4.28. The first kappa shape index (κ1) is 12.1. The summed E-state index contributed by atoms with van der Waals surface area (Å²) < 4.78 is 0. The van der Waals surface area contributed by atoms with E-state index in [0.29, 0.717) is 6.04 Å². The number of rotatable bonds is 7. The van der Waals surface area contributed by atoms with Crippen LogP contribution in [0.5, 0.6) is 0 Å². The minimum atomic E-state index is 0.308. The maximum absolute atomic E-state index is 4.28. The highest BCUT2D eigenvalue weighted by atomic mass is 15.0. The topological polar surface area (TPSA) is 37.8 Å². The monoisotopic (exact) mass is 207 g/mol. The molecule has 1 unspecified atom stereocenters. The van der Waals surface area contributed by atoms with Crippen molar-refractivity contribution >= 4 is 0 Å². The Hall–Kier alpha value is -0.960. The molecule has 0 aliphatic heterocycles. The maximum Gasteiger partial charge on any atom is 0.145 e. The molecule has 0 spiro atoms. The molecule has 3 nitrogen and oxygen atoms in total. The predicted molar refractivity (Wildman–Crippen MR) is 62.6 cm³/mol. The molecule has 1 N–H and O–H groups in total. The summed E-state index contributed by atoms with van der Waals surface area (Å²) in [6.07, 6.45) is 9.90. The molecule has 0 aliphatic carbocycles. The first-order valence-corrected chi connectivity index (χ1v) is 5.82. The molecule has 1 aromatic heterocycles. The highest BCUT2D eigenvalue weighted by Gasteiger charge is 2.10. The lowest BCUT2D eigenvalue weighted by atomic mass is 10.1. The van der Waals surface area contributed by atoms with Crippen LogP contribution < -0.4 is 5.32 Å². The SMILES string of the molecule is CCCCCCC(NC)c1ncccn1. The number of nitrogens with one attached hydrogen (secondary N) is 1. The van der Waals surface area contributed by atoms with Crippen LogP contribution in [0.3, 0.4) is 0 Å². The van der Waals surface area contributed by atoms with Gasteiger partial charge >= 0.3 is 0 Å².